The van der Waals surface area contributed by atoms with Gasteiger partial charge in [-0.1, -0.05) is 50.1 Å². The highest BCUT2D eigenvalue weighted by Gasteiger charge is 2.21. The Bertz CT molecular complexity index is 768. The number of hydrogen-bond acceptors (Lipinski definition) is 3. The highest BCUT2D eigenvalue weighted by atomic mass is 16.4. The fourth-order valence-corrected chi connectivity index (χ4v) is 2.34. The van der Waals surface area contributed by atoms with Gasteiger partial charge in [-0.25, -0.2) is 4.79 Å². The van der Waals surface area contributed by atoms with Gasteiger partial charge in [-0.15, -0.1) is 0 Å². The lowest BCUT2D eigenvalue weighted by Crippen LogP contribution is -2.42. The first kappa shape index (κ1) is 17.5. The van der Waals surface area contributed by atoms with Crippen LogP contribution in [-0.4, -0.2) is 28.0 Å². The number of hydrogen-bond donors (Lipinski definition) is 3. The third-order valence-corrected chi connectivity index (χ3v) is 3.69. The third-order valence-electron chi connectivity index (χ3n) is 3.69. The van der Waals surface area contributed by atoms with Crippen LogP contribution in [0.1, 0.15) is 36.5 Å². The van der Waals surface area contributed by atoms with Crippen LogP contribution in [-0.2, 0) is 4.79 Å². The molecule has 0 aliphatic carbocycles. The van der Waals surface area contributed by atoms with E-state index in [4.69, 9.17) is 5.11 Å². The first-order valence-electron chi connectivity index (χ1n) is 7.85. The maximum absolute atomic E-state index is 12.2. The van der Waals surface area contributed by atoms with Crippen molar-refractivity contribution in [3.8, 4) is 11.3 Å². The van der Waals surface area contributed by atoms with Crippen LogP contribution in [0.25, 0.3) is 11.3 Å². The standard InChI is InChI=1S/C18H20N2O4/c1-2-3-9-15(18(23)24)20-17(22)13-10-11-14(19-16(13)21)12-7-5-4-6-8-12/h4-8,10-11,15H,2-3,9H2,1H3,(H,19,21)(H,20,22)(H,23,24)/t15-/m0/s1. The van der Waals surface area contributed by atoms with Crippen molar-refractivity contribution >= 4 is 11.9 Å². The second kappa shape index (κ2) is 8.10. The van der Waals surface area contributed by atoms with Crippen molar-refractivity contribution in [2.75, 3.05) is 0 Å². The molecule has 0 radical (unpaired) electrons. The fourth-order valence-electron chi connectivity index (χ4n) is 2.34. The van der Waals surface area contributed by atoms with Gasteiger partial charge in [-0.3, -0.25) is 9.59 Å². The molecule has 24 heavy (non-hydrogen) atoms. The molecule has 2 aromatic rings. The van der Waals surface area contributed by atoms with E-state index >= 15 is 0 Å². The van der Waals surface area contributed by atoms with Crippen molar-refractivity contribution in [1.29, 1.82) is 0 Å². The number of benzene rings is 1. The van der Waals surface area contributed by atoms with Gasteiger partial charge in [0.05, 0.1) is 0 Å². The summed E-state index contributed by atoms with van der Waals surface area (Å²) in [6.07, 6.45) is 1.84. The first-order valence-corrected chi connectivity index (χ1v) is 7.85. The third kappa shape index (κ3) is 4.32. The van der Waals surface area contributed by atoms with Crippen LogP contribution >= 0.6 is 0 Å². The molecular weight excluding hydrogens is 308 g/mol. The Morgan fingerprint density at radius 2 is 1.88 bits per heavy atom. The monoisotopic (exact) mass is 328 g/mol. The van der Waals surface area contributed by atoms with E-state index in [1.807, 2.05) is 37.3 Å². The van der Waals surface area contributed by atoms with Crippen molar-refractivity contribution in [2.24, 2.45) is 0 Å². The molecule has 0 fully saturated rings. The summed E-state index contributed by atoms with van der Waals surface area (Å²) < 4.78 is 0. The minimum absolute atomic E-state index is 0.0996. The van der Waals surface area contributed by atoms with E-state index in [0.29, 0.717) is 18.5 Å². The highest BCUT2D eigenvalue weighted by molar-refractivity contribution is 5.96. The summed E-state index contributed by atoms with van der Waals surface area (Å²) in [5.41, 5.74) is 0.775. The number of carbonyl (C=O) groups excluding carboxylic acids is 1. The molecule has 1 atom stereocenters. The molecule has 126 valence electrons. The van der Waals surface area contributed by atoms with Gasteiger partial charge >= 0.3 is 5.97 Å². The normalized spacial score (nSPS) is 11.7. The molecule has 3 N–H and O–H groups in total. The van der Waals surface area contributed by atoms with Gasteiger partial charge in [0.15, 0.2) is 0 Å². The number of aromatic amines is 1. The van der Waals surface area contributed by atoms with Crippen LogP contribution in [0.4, 0.5) is 0 Å². The molecule has 0 aliphatic rings. The van der Waals surface area contributed by atoms with Crippen LogP contribution in [0.3, 0.4) is 0 Å². The zero-order valence-electron chi connectivity index (χ0n) is 13.4. The number of nitrogens with one attached hydrogen (secondary N) is 2. The zero-order chi connectivity index (χ0) is 17.5. The van der Waals surface area contributed by atoms with Gasteiger partial charge in [-0.05, 0) is 24.1 Å². The molecule has 0 unspecified atom stereocenters. The summed E-state index contributed by atoms with van der Waals surface area (Å²) >= 11 is 0. The average molecular weight is 328 g/mol. The van der Waals surface area contributed by atoms with Crippen molar-refractivity contribution in [1.82, 2.24) is 10.3 Å². The van der Waals surface area contributed by atoms with Crippen molar-refractivity contribution in [3.05, 3.63) is 58.4 Å². The number of unbranched alkanes of at least 4 members (excludes halogenated alkanes) is 1. The molecule has 1 aromatic heterocycles. The highest BCUT2D eigenvalue weighted by Crippen LogP contribution is 2.14. The zero-order valence-corrected chi connectivity index (χ0v) is 13.4. The minimum Gasteiger partial charge on any atom is -0.480 e. The Hall–Kier alpha value is -2.89. The first-order chi connectivity index (χ1) is 11.5. The number of rotatable bonds is 7. The molecule has 0 saturated heterocycles. The maximum atomic E-state index is 12.2. The molecule has 0 saturated carbocycles. The number of carbonyl (C=O) groups is 2. The van der Waals surface area contributed by atoms with Gasteiger partial charge in [0.1, 0.15) is 11.6 Å². The molecule has 1 aromatic carbocycles. The average Bonchev–Trinajstić information content (AvgIpc) is 2.58. The summed E-state index contributed by atoms with van der Waals surface area (Å²) in [7, 11) is 0. The van der Waals surface area contributed by atoms with Gasteiger partial charge in [0, 0.05) is 5.69 Å². The Balaban J connectivity index is 2.18. The number of pyridine rings is 1. The summed E-state index contributed by atoms with van der Waals surface area (Å²) in [5, 5.41) is 11.6. The van der Waals surface area contributed by atoms with Crippen LogP contribution in [0, 0.1) is 0 Å². The van der Waals surface area contributed by atoms with Gasteiger partial charge < -0.3 is 15.4 Å². The Morgan fingerprint density at radius 3 is 2.46 bits per heavy atom. The number of H-pyrrole nitrogens is 1. The van der Waals surface area contributed by atoms with Gasteiger partial charge in [-0.2, -0.15) is 0 Å². The number of carboxylic acid groups (broad SMARTS) is 1. The lowest BCUT2D eigenvalue weighted by Gasteiger charge is -2.14. The van der Waals surface area contributed by atoms with Crippen molar-refractivity contribution in [2.45, 2.75) is 32.2 Å². The van der Waals surface area contributed by atoms with Crippen LogP contribution in [0.15, 0.2) is 47.3 Å². The molecule has 1 amide bonds. The van der Waals surface area contributed by atoms with E-state index < -0.39 is 23.5 Å². The Kier molecular flexibility index (Phi) is 5.89. The number of amides is 1. The molecule has 1 heterocycles. The van der Waals surface area contributed by atoms with E-state index in [-0.39, 0.29) is 5.56 Å². The largest absolute Gasteiger partial charge is 0.480 e. The Morgan fingerprint density at radius 1 is 1.17 bits per heavy atom. The quantitative estimate of drug-likeness (QED) is 0.727. The SMILES string of the molecule is CCCC[C@H](NC(=O)c1ccc(-c2ccccc2)[nH]c1=O)C(=O)O. The molecule has 6 nitrogen and oxygen atoms in total. The van der Waals surface area contributed by atoms with Crippen LogP contribution < -0.4 is 10.9 Å². The maximum Gasteiger partial charge on any atom is 0.326 e. The number of aromatic nitrogens is 1. The predicted octanol–water partition coefficient (Wildman–Crippen LogP) is 2.42. The fraction of sp³-hybridized carbons (Fsp3) is 0.278. The smallest absolute Gasteiger partial charge is 0.326 e. The van der Waals surface area contributed by atoms with Crippen molar-refractivity contribution < 1.29 is 14.7 Å². The lowest BCUT2D eigenvalue weighted by atomic mass is 10.1. The summed E-state index contributed by atoms with van der Waals surface area (Å²) in [4.78, 5) is 38.2. The van der Waals surface area contributed by atoms with E-state index in [0.717, 1.165) is 12.0 Å². The van der Waals surface area contributed by atoms with Gasteiger partial charge in [0.25, 0.3) is 11.5 Å². The molecule has 2 rings (SSSR count). The molecule has 0 bridgehead atoms. The molecule has 0 spiro atoms. The second-order valence-corrected chi connectivity index (χ2v) is 5.49. The second-order valence-electron chi connectivity index (χ2n) is 5.49. The van der Waals surface area contributed by atoms with Gasteiger partial charge in [0.2, 0.25) is 0 Å². The van der Waals surface area contributed by atoms with E-state index in [2.05, 4.69) is 10.3 Å². The summed E-state index contributed by atoms with van der Waals surface area (Å²) in [5.74, 6) is -1.78. The van der Waals surface area contributed by atoms with E-state index in [9.17, 15) is 14.4 Å². The predicted molar refractivity (Wildman–Crippen MR) is 90.9 cm³/mol. The number of aliphatic carboxylic acids is 1. The molecular formula is C18H20N2O4. The molecule has 6 heteroatoms. The summed E-state index contributed by atoms with van der Waals surface area (Å²) in [6.45, 7) is 1.94. The van der Waals surface area contributed by atoms with Crippen LogP contribution in [0.2, 0.25) is 0 Å². The lowest BCUT2D eigenvalue weighted by molar-refractivity contribution is -0.139. The minimum atomic E-state index is -1.10. The van der Waals surface area contributed by atoms with Crippen LogP contribution in [0.5, 0.6) is 0 Å². The molecule has 0 aliphatic heterocycles. The number of carboxylic acids is 1. The topological polar surface area (TPSA) is 99.3 Å². The Labute approximate surface area is 139 Å². The van der Waals surface area contributed by atoms with Crippen molar-refractivity contribution in [3.63, 3.8) is 0 Å². The van der Waals surface area contributed by atoms with E-state index in [1.165, 1.54) is 6.07 Å². The summed E-state index contributed by atoms with van der Waals surface area (Å²) in [6, 6.07) is 11.3. The van der Waals surface area contributed by atoms with E-state index in [1.54, 1.807) is 6.07 Å².